The van der Waals surface area contributed by atoms with Gasteiger partial charge >= 0.3 is 6.09 Å². The maximum Gasteiger partial charge on any atom is 0.415 e. The molecule has 1 aromatic carbocycles. The maximum atomic E-state index is 12.4. The predicted octanol–water partition coefficient (Wildman–Crippen LogP) is 3.62. The van der Waals surface area contributed by atoms with Gasteiger partial charge in [-0.05, 0) is 39.8 Å². The van der Waals surface area contributed by atoms with Crippen LogP contribution in [0, 0.1) is 0 Å². The van der Waals surface area contributed by atoms with Gasteiger partial charge in [0.05, 0.1) is 0 Å². The zero-order chi connectivity index (χ0) is 17.4. The molecule has 0 heterocycles. The smallest absolute Gasteiger partial charge is 0.410 e. The third-order valence-corrected chi connectivity index (χ3v) is 3.71. The Bertz CT molecular complexity index is 561. The second-order valence-electron chi connectivity index (χ2n) is 5.02. The molecule has 5 nitrogen and oxygen atoms in total. The van der Waals surface area contributed by atoms with Crippen LogP contribution in [0.2, 0.25) is 0 Å². The predicted molar refractivity (Wildman–Crippen MR) is 92.1 cm³/mol. The molecular formula is C18H26N2O3. The van der Waals surface area contributed by atoms with Crippen LogP contribution in [0.1, 0.15) is 43.6 Å². The Morgan fingerprint density at radius 1 is 0.957 bits per heavy atom. The summed E-state index contributed by atoms with van der Waals surface area (Å²) in [6.07, 6.45) is -0.430. The van der Waals surface area contributed by atoms with Gasteiger partial charge < -0.3 is 14.5 Å². The molecule has 0 saturated carbocycles. The number of nitrogens with zero attached hydrogens (tertiary/aromatic N) is 2. The van der Waals surface area contributed by atoms with E-state index < -0.39 is 6.09 Å². The molecule has 0 aliphatic carbocycles. The minimum atomic E-state index is -0.430. The summed E-state index contributed by atoms with van der Waals surface area (Å²) in [6.45, 7) is 13.9. The summed E-state index contributed by atoms with van der Waals surface area (Å²) in [4.78, 5) is 27.7. The van der Waals surface area contributed by atoms with Gasteiger partial charge in [-0.15, -0.1) is 0 Å². The second kappa shape index (κ2) is 8.98. The van der Waals surface area contributed by atoms with Crippen molar-refractivity contribution in [2.24, 2.45) is 0 Å². The minimum Gasteiger partial charge on any atom is -0.410 e. The Morgan fingerprint density at radius 3 is 2.00 bits per heavy atom. The third-order valence-electron chi connectivity index (χ3n) is 3.71. The molecule has 0 unspecified atom stereocenters. The number of carbonyl (C=O) groups is 2. The standard InChI is InChI=1S/C18H26N2O3/c1-6-19(7-2)17(21)16-12-10-11-15(13-16)14(5)23-18(22)20(8-3)9-4/h10-13H,5-9H2,1-4H3. The van der Waals surface area contributed by atoms with Crippen LogP contribution < -0.4 is 0 Å². The van der Waals surface area contributed by atoms with E-state index in [4.69, 9.17) is 4.74 Å². The summed E-state index contributed by atoms with van der Waals surface area (Å²) in [7, 11) is 0. The fraction of sp³-hybridized carbons (Fsp3) is 0.444. The van der Waals surface area contributed by atoms with E-state index in [9.17, 15) is 9.59 Å². The molecule has 1 aromatic rings. The normalized spacial score (nSPS) is 10.1. The highest BCUT2D eigenvalue weighted by molar-refractivity contribution is 5.95. The monoisotopic (exact) mass is 318 g/mol. The number of amides is 2. The van der Waals surface area contributed by atoms with Crippen LogP contribution in [-0.2, 0) is 4.74 Å². The number of hydrogen-bond acceptors (Lipinski definition) is 3. The van der Waals surface area contributed by atoms with Crippen LogP contribution in [0.25, 0.3) is 5.76 Å². The maximum absolute atomic E-state index is 12.4. The summed E-state index contributed by atoms with van der Waals surface area (Å²) < 4.78 is 5.30. The molecule has 23 heavy (non-hydrogen) atoms. The van der Waals surface area contributed by atoms with Crippen molar-refractivity contribution in [2.45, 2.75) is 27.7 Å². The van der Waals surface area contributed by atoms with E-state index in [0.717, 1.165) is 0 Å². The van der Waals surface area contributed by atoms with Gasteiger partial charge in [-0.2, -0.15) is 0 Å². The van der Waals surface area contributed by atoms with Crippen molar-refractivity contribution < 1.29 is 14.3 Å². The summed E-state index contributed by atoms with van der Waals surface area (Å²) in [5.41, 5.74) is 1.19. The van der Waals surface area contributed by atoms with Gasteiger partial charge in [0, 0.05) is 37.3 Å². The van der Waals surface area contributed by atoms with E-state index in [1.165, 1.54) is 0 Å². The zero-order valence-electron chi connectivity index (χ0n) is 14.5. The van der Waals surface area contributed by atoms with Gasteiger partial charge in [0.1, 0.15) is 5.76 Å². The lowest BCUT2D eigenvalue weighted by atomic mass is 10.1. The van der Waals surface area contributed by atoms with E-state index in [1.54, 1.807) is 34.1 Å². The largest absolute Gasteiger partial charge is 0.415 e. The molecule has 0 spiro atoms. The van der Waals surface area contributed by atoms with Crippen LogP contribution >= 0.6 is 0 Å². The molecule has 0 atom stereocenters. The quantitative estimate of drug-likeness (QED) is 0.722. The Balaban J connectivity index is 2.89. The van der Waals surface area contributed by atoms with Gasteiger partial charge in [-0.1, -0.05) is 18.7 Å². The van der Waals surface area contributed by atoms with E-state index in [0.29, 0.717) is 37.3 Å². The number of carbonyl (C=O) groups excluding carboxylic acids is 2. The van der Waals surface area contributed by atoms with Crippen LogP contribution in [0.15, 0.2) is 30.8 Å². The Labute approximate surface area is 138 Å². The average molecular weight is 318 g/mol. The SMILES string of the molecule is C=C(OC(=O)N(CC)CC)c1cccc(C(=O)N(CC)CC)c1. The summed E-state index contributed by atoms with van der Waals surface area (Å²) >= 11 is 0. The first kappa shape index (κ1) is 18.7. The van der Waals surface area contributed by atoms with Crippen LogP contribution in [0.4, 0.5) is 4.79 Å². The highest BCUT2D eigenvalue weighted by Gasteiger charge is 2.16. The summed E-state index contributed by atoms with van der Waals surface area (Å²) in [5, 5.41) is 0. The lowest BCUT2D eigenvalue weighted by molar-refractivity contribution is 0.0773. The van der Waals surface area contributed by atoms with Gasteiger partial charge in [0.2, 0.25) is 0 Å². The molecule has 0 aliphatic rings. The first-order valence-corrected chi connectivity index (χ1v) is 8.03. The molecule has 2 amide bonds. The van der Waals surface area contributed by atoms with E-state index in [-0.39, 0.29) is 11.7 Å². The number of hydrogen-bond donors (Lipinski definition) is 0. The van der Waals surface area contributed by atoms with E-state index >= 15 is 0 Å². The van der Waals surface area contributed by atoms with Gasteiger partial charge in [0.15, 0.2) is 0 Å². The fourth-order valence-electron chi connectivity index (χ4n) is 2.23. The van der Waals surface area contributed by atoms with Crippen molar-refractivity contribution in [1.29, 1.82) is 0 Å². The highest BCUT2D eigenvalue weighted by atomic mass is 16.6. The molecule has 1 rings (SSSR count). The number of ether oxygens (including phenoxy) is 1. The van der Waals surface area contributed by atoms with Crippen LogP contribution in [-0.4, -0.2) is 48.0 Å². The molecule has 0 radical (unpaired) electrons. The molecule has 0 N–H and O–H groups in total. The highest BCUT2D eigenvalue weighted by Crippen LogP contribution is 2.18. The zero-order valence-corrected chi connectivity index (χ0v) is 14.5. The molecule has 5 heteroatoms. The van der Waals surface area contributed by atoms with Gasteiger partial charge in [0.25, 0.3) is 5.91 Å². The Kier molecular flexibility index (Phi) is 7.32. The molecule has 126 valence electrons. The van der Waals surface area contributed by atoms with Gasteiger partial charge in [-0.3, -0.25) is 4.79 Å². The molecule has 0 bridgehead atoms. The fourth-order valence-corrected chi connectivity index (χ4v) is 2.23. The summed E-state index contributed by atoms with van der Waals surface area (Å²) in [6, 6.07) is 7.00. The van der Waals surface area contributed by atoms with Gasteiger partial charge in [-0.25, -0.2) is 4.79 Å². The Hall–Kier alpha value is -2.30. The molecule has 0 fully saturated rings. The number of benzene rings is 1. The third kappa shape index (κ3) is 4.84. The van der Waals surface area contributed by atoms with Crippen molar-refractivity contribution in [1.82, 2.24) is 9.80 Å². The molecule has 0 aliphatic heterocycles. The average Bonchev–Trinajstić information content (AvgIpc) is 2.57. The van der Waals surface area contributed by atoms with Crippen molar-refractivity contribution in [3.8, 4) is 0 Å². The van der Waals surface area contributed by atoms with E-state index in [1.807, 2.05) is 27.7 Å². The Morgan fingerprint density at radius 2 is 1.48 bits per heavy atom. The first-order valence-electron chi connectivity index (χ1n) is 8.03. The minimum absolute atomic E-state index is 0.0419. The van der Waals surface area contributed by atoms with Crippen molar-refractivity contribution >= 4 is 17.8 Å². The molecule has 0 aromatic heterocycles. The van der Waals surface area contributed by atoms with Crippen molar-refractivity contribution in [3.63, 3.8) is 0 Å². The van der Waals surface area contributed by atoms with Crippen molar-refractivity contribution in [2.75, 3.05) is 26.2 Å². The molecule has 0 saturated heterocycles. The molecular weight excluding hydrogens is 292 g/mol. The topological polar surface area (TPSA) is 49.9 Å². The van der Waals surface area contributed by atoms with Crippen LogP contribution in [0.5, 0.6) is 0 Å². The lowest BCUT2D eigenvalue weighted by Crippen LogP contribution is -2.31. The van der Waals surface area contributed by atoms with E-state index in [2.05, 4.69) is 6.58 Å². The lowest BCUT2D eigenvalue weighted by Gasteiger charge is -2.20. The second-order valence-corrected chi connectivity index (χ2v) is 5.02. The number of rotatable bonds is 7. The summed E-state index contributed by atoms with van der Waals surface area (Å²) in [5.74, 6) is 0.204. The first-order chi connectivity index (χ1) is 11.0. The van der Waals surface area contributed by atoms with Crippen molar-refractivity contribution in [3.05, 3.63) is 42.0 Å². The van der Waals surface area contributed by atoms with Crippen LogP contribution in [0.3, 0.4) is 0 Å².